The second-order valence-corrected chi connectivity index (χ2v) is 29.0. The van der Waals surface area contributed by atoms with Gasteiger partial charge in [-0.3, -0.25) is 28.4 Å². The third kappa shape index (κ3) is 23.9. The SMILES string of the molecule is CC(=O)O.CI.C[C@@H]1CC[C@@H](Oc2nccc3c2ncn3C)CN1C(=O)c1ccccc1-n1nccn1.C[C@@H]1CC[C@H](OS(C)(=O)=O)CN1C(=O)c1ccccc1-n1nccn1.Clc1nccc2c1CN=C2.Cn1cnc2c(=O)[nH]ccc21.Cn1cnc2c(Cl)nccc21.Cn1cnc2c(Cl)nccc21.Cn1cnc2ccnc(Cl)c21.N.[H-].[Na+]. The number of amides is 2. The summed E-state index contributed by atoms with van der Waals surface area (Å²) in [6, 6.07) is 25.8. The summed E-state index contributed by atoms with van der Waals surface area (Å²) in [5.74, 6) is -0.578. The number of likely N-dealkylation sites (tertiary alicyclic amines) is 2. The molecule has 13 aromatic heterocycles. The first kappa shape index (κ1) is 92.9. The second kappa shape index (κ2) is 43.7. The van der Waals surface area contributed by atoms with E-state index < -0.39 is 22.2 Å². The zero-order valence-electron chi connectivity index (χ0n) is 67.0. The number of pyridine rings is 6. The number of carbonyl (C=O) groups is 3. The van der Waals surface area contributed by atoms with Crippen molar-refractivity contribution in [3.63, 3.8) is 0 Å². The minimum atomic E-state index is -3.56. The third-order valence-corrected chi connectivity index (χ3v) is 19.7. The summed E-state index contributed by atoms with van der Waals surface area (Å²) in [6.07, 6.45) is 30.0. The monoisotopic (exact) mass is 1830 g/mol. The quantitative estimate of drug-likeness (QED) is 0.0419. The molecule has 16 heterocycles. The molecule has 2 amide bonds. The van der Waals surface area contributed by atoms with Gasteiger partial charge in [-0.25, -0.2) is 49.8 Å². The summed E-state index contributed by atoms with van der Waals surface area (Å²) in [7, 11) is 5.97. The average Bonchev–Trinajstić information content (AvgIpc) is 1.74. The van der Waals surface area contributed by atoms with E-state index in [-0.39, 0.29) is 79.2 Å². The van der Waals surface area contributed by atoms with Crippen molar-refractivity contribution in [2.45, 2.75) is 77.3 Å². The molecule has 118 heavy (non-hydrogen) atoms. The van der Waals surface area contributed by atoms with Gasteiger partial charge in [0.1, 0.15) is 27.8 Å². The molecule has 0 bridgehead atoms. The van der Waals surface area contributed by atoms with Crippen LogP contribution in [0.25, 0.3) is 66.5 Å². The van der Waals surface area contributed by atoms with Gasteiger partial charge in [0.25, 0.3) is 33.5 Å². The Balaban J connectivity index is 0.000000198. The van der Waals surface area contributed by atoms with E-state index in [1.54, 1.807) is 117 Å². The van der Waals surface area contributed by atoms with Gasteiger partial charge < -0.3 is 55.0 Å². The van der Waals surface area contributed by atoms with Crippen LogP contribution in [0.1, 0.15) is 79.7 Å². The molecule has 0 unspecified atom stereocenters. The van der Waals surface area contributed by atoms with E-state index in [4.69, 9.17) is 65.2 Å². The number of aromatic nitrogens is 22. The summed E-state index contributed by atoms with van der Waals surface area (Å²) in [4.78, 5) is 102. The van der Waals surface area contributed by atoms with E-state index in [9.17, 15) is 22.8 Å². The number of aliphatic imine (C=N–C) groups is 1. The number of benzene rings is 2. The molecule has 2 saturated heterocycles. The number of para-hydroxylation sites is 2. The fourth-order valence-electron chi connectivity index (χ4n) is 12.2. The molecule has 0 spiro atoms. The van der Waals surface area contributed by atoms with E-state index >= 15 is 0 Å². The molecule has 42 heteroatoms. The first-order chi connectivity index (χ1) is 55.7. The average molecular weight is 1830 g/mol. The number of aromatic amines is 1. The molecular formula is C76H84Cl4IN26NaO9S. The van der Waals surface area contributed by atoms with E-state index in [0.717, 1.165) is 86.8 Å². The third-order valence-electron chi connectivity index (χ3n) is 17.9. The molecule has 0 saturated carbocycles. The molecule has 5 N–H and O–H groups in total. The van der Waals surface area contributed by atoms with Crippen LogP contribution in [0.15, 0.2) is 188 Å². The number of aliphatic carboxylic acids is 1. The van der Waals surface area contributed by atoms with Gasteiger partial charge in [-0.15, -0.1) is 0 Å². The van der Waals surface area contributed by atoms with Crippen molar-refractivity contribution >= 4 is 158 Å². The van der Waals surface area contributed by atoms with Crippen LogP contribution in [0.4, 0.5) is 0 Å². The maximum atomic E-state index is 13.5. The zero-order chi connectivity index (χ0) is 83.3. The molecule has 3 aliphatic rings. The molecule has 0 radical (unpaired) electrons. The van der Waals surface area contributed by atoms with Crippen molar-refractivity contribution in [2.75, 3.05) is 24.3 Å². The summed E-state index contributed by atoms with van der Waals surface area (Å²) in [5.41, 5.74) is 12.6. The summed E-state index contributed by atoms with van der Waals surface area (Å²) in [5, 5.41) is 26.0. The van der Waals surface area contributed by atoms with Gasteiger partial charge in [-0.05, 0) is 105 Å². The van der Waals surface area contributed by atoms with Crippen molar-refractivity contribution in [3.05, 3.63) is 232 Å². The number of carbonyl (C=O) groups excluding carboxylic acids is 2. The largest absolute Gasteiger partial charge is 1.00 e. The van der Waals surface area contributed by atoms with E-state index in [1.807, 2.05) is 148 Å². The Labute approximate surface area is 734 Å². The smallest absolute Gasteiger partial charge is 1.00 e. The number of carboxylic acids is 1. The number of hydrogen-bond acceptors (Lipinski definition) is 24. The van der Waals surface area contributed by atoms with Crippen molar-refractivity contribution < 1.29 is 67.8 Å². The normalized spacial score (nSPS) is 14.9. The number of H-pyrrole nitrogens is 1. The molecule has 35 nitrogen and oxygen atoms in total. The first-order valence-corrected chi connectivity index (χ1v) is 41.0. The number of piperidine rings is 2. The van der Waals surface area contributed by atoms with Gasteiger partial charge in [0.05, 0.1) is 132 Å². The Bertz CT molecular complexity index is 6000. The van der Waals surface area contributed by atoms with Crippen LogP contribution >= 0.6 is 69.0 Å². The van der Waals surface area contributed by atoms with Crippen LogP contribution in [0.3, 0.4) is 0 Å². The first-order valence-electron chi connectivity index (χ1n) is 35.5. The number of halogens is 5. The fraction of sp³-hybridized carbons (Fsp3) is 0.276. The van der Waals surface area contributed by atoms with Gasteiger partial charge in [-0.2, -0.15) is 38.4 Å². The molecule has 18 rings (SSSR count). The topological polar surface area (TPSA) is 426 Å². The van der Waals surface area contributed by atoms with Gasteiger partial charge >= 0.3 is 29.6 Å². The molecule has 2 fully saturated rings. The molecule has 15 aromatic rings. The van der Waals surface area contributed by atoms with Crippen molar-refractivity contribution in [1.29, 1.82) is 0 Å². The van der Waals surface area contributed by atoms with Crippen LogP contribution < -0.4 is 46.0 Å². The maximum absolute atomic E-state index is 13.5. The summed E-state index contributed by atoms with van der Waals surface area (Å²) < 4.78 is 43.5. The van der Waals surface area contributed by atoms with Crippen LogP contribution in [0, 0.1) is 0 Å². The predicted molar refractivity (Wildman–Crippen MR) is 457 cm³/mol. The van der Waals surface area contributed by atoms with Gasteiger partial charge in [0.2, 0.25) is 5.88 Å². The number of rotatable bonds is 8. The van der Waals surface area contributed by atoms with Crippen LogP contribution in [-0.2, 0) is 60.9 Å². The number of ether oxygens (including phenoxy) is 1. The van der Waals surface area contributed by atoms with Crippen molar-refractivity contribution in [3.8, 4) is 17.3 Å². The number of nitrogens with one attached hydrogen (secondary N) is 1. The molecule has 614 valence electrons. The van der Waals surface area contributed by atoms with Gasteiger partial charge in [0.15, 0.2) is 26.5 Å². The number of nitrogens with zero attached hydrogens (tertiary/aromatic N) is 24. The Morgan fingerprint density at radius 1 is 0.525 bits per heavy atom. The number of hydrogen-bond donors (Lipinski definition) is 3. The second-order valence-electron chi connectivity index (χ2n) is 26.0. The standard InChI is InChI=1S/C22H23N7O2.C16H20N4O4S.3C7H6ClN3.C7H5ClN2.C7H7N3O.C2H4O2.CH3I.H3N.Na.H/c1-15-7-8-16(31-21-20-19(9-10-23-21)27(2)14-24-20)13-28(15)22(30)17-5-3-4-6-18(17)29-25-11-12-26-29;1-12-7-8-13(24-25(2,22)23)11-19(12)16(21)14-5-3-4-6-15(14)20-17-9-10-18-20;2*1-11-4-10-6-5(11)2-3-9-7(6)8;1-11-4-10-5-2-3-9-7(8)6(5)11;8-7-6-4-9-3-5(6)1-2-10-7;1-10-4-9-6-5(10)2-3-8-7(6)11;1-2(3)4;1-2;;;/h3-6,9-12,14-16H,7-8,13H2,1-2H3;3-6,9-10,12-13H,7-8,11H2,1-2H3;3*2-4H,1H3;1-3H,4H2;2-4H,1H3,(H,8,11);1H3,(H,3,4);1H3;1H3;;/q;;;;;;;;;;+1;-1/t15-,16-;12-,13+;;;;;;;;;;/m11........../s1. The van der Waals surface area contributed by atoms with Crippen molar-refractivity contribution in [2.24, 2.45) is 40.2 Å². The number of imidazole rings is 5. The zero-order valence-corrected chi connectivity index (χ0v) is 74.0. The fourth-order valence-corrected chi connectivity index (χ4v) is 13.8. The minimum absolute atomic E-state index is 0. The van der Waals surface area contributed by atoms with Crippen molar-refractivity contribution in [1.82, 2.24) is 124 Å². The summed E-state index contributed by atoms with van der Waals surface area (Å²) in [6.45, 7) is 6.49. The molecule has 4 atom stereocenters. The molecule has 3 aliphatic heterocycles. The van der Waals surface area contributed by atoms with Gasteiger partial charge in [-0.1, -0.05) is 93.3 Å². The number of fused-ring (bicyclic) bond motifs is 6. The van der Waals surface area contributed by atoms with Crippen LogP contribution in [0.5, 0.6) is 5.88 Å². The Morgan fingerprint density at radius 3 is 1.42 bits per heavy atom. The van der Waals surface area contributed by atoms with E-state index in [1.165, 1.54) is 9.59 Å². The van der Waals surface area contributed by atoms with E-state index in [2.05, 4.69) is 110 Å². The number of alkyl halides is 1. The van der Waals surface area contributed by atoms with Crippen LogP contribution in [0.2, 0.25) is 20.6 Å². The predicted octanol–water partition coefficient (Wildman–Crippen LogP) is 9.07. The Hall–Kier alpha value is -10.6. The maximum Gasteiger partial charge on any atom is 1.00 e. The molecule has 0 aliphatic carbocycles. The Kier molecular flexibility index (Phi) is 34.4. The minimum Gasteiger partial charge on any atom is -1.00 e. The molecular weight excluding hydrogens is 1740 g/mol. The molecule has 2 aromatic carbocycles. The number of carboxylic acid groups (broad SMARTS) is 1. The number of aryl methyl sites for hydroxylation is 5. The van der Waals surface area contributed by atoms with Gasteiger partial charge in [0, 0.05) is 115 Å². The van der Waals surface area contributed by atoms with E-state index in [0.29, 0.717) is 80.4 Å². The van der Waals surface area contributed by atoms with Crippen LogP contribution in [-0.4, -0.2) is 204 Å². The summed E-state index contributed by atoms with van der Waals surface area (Å²) >= 11 is 25.3. The Morgan fingerprint density at radius 2 is 0.941 bits per heavy atom.